The molecule has 0 spiro atoms. The van der Waals surface area contributed by atoms with Gasteiger partial charge in [-0.1, -0.05) is 30.3 Å². The molecule has 0 bridgehead atoms. The second-order valence-electron chi connectivity index (χ2n) is 9.74. The summed E-state index contributed by atoms with van der Waals surface area (Å²) in [6, 6.07) is 23.4. The molecule has 0 unspecified atom stereocenters. The number of anilines is 1. The van der Waals surface area contributed by atoms with Crippen molar-refractivity contribution in [1.82, 2.24) is 19.5 Å². The largest absolute Gasteiger partial charge is 0.473 e. The first-order valence-electron chi connectivity index (χ1n) is 13.4. The molecule has 0 amide bonds. The lowest BCUT2D eigenvalue weighted by atomic mass is 10.0. The topological polar surface area (TPSA) is 99.0 Å². The van der Waals surface area contributed by atoms with Crippen LogP contribution in [0.3, 0.4) is 0 Å². The second-order valence-corrected chi connectivity index (χ2v) is 11.7. The van der Waals surface area contributed by atoms with Crippen LogP contribution in [0.1, 0.15) is 12.5 Å². The number of rotatable bonds is 9. The number of pyridine rings is 2. The molecule has 0 fully saturated rings. The molecule has 3 aromatic heterocycles. The monoisotopic (exact) mass is 597 g/mol. The quantitative estimate of drug-likeness (QED) is 0.198. The SMILES string of the molecule is CCS(=O)(=O)Nc1cc(-c2ccc(F)cc2F)cc(-n2cnc3cc(-c4ccc(OCc5ccccc5)nc4)cnc32)c1. The number of imidazole rings is 1. The third-order valence-corrected chi connectivity index (χ3v) is 8.09. The van der Waals surface area contributed by atoms with E-state index in [1.165, 1.54) is 19.1 Å². The van der Waals surface area contributed by atoms with Crippen LogP contribution in [0.25, 0.3) is 39.1 Å². The van der Waals surface area contributed by atoms with Crippen molar-refractivity contribution >= 4 is 26.9 Å². The molecular formula is C32H25F2N5O3S. The molecule has 0 saturated heterocycles. The standard InChI is InChI=1S/C32H25F2N5O3S/c1-2-43(40,41)38-26-12-23(28-10-9-25(33)15-29(28)34)13-27(16-26)39-20-37-30-14-24(18-36-32(30)39)22-8-11-31(35-17-22)42-19-21-6-4-3-5-7-21/h3-18,20,38H,2,19H2,1H3. The van der Waals surface area contributed by atoms with Crippen molar-refractivity contribution in [3.8, 4) is 33.8 Å². The van der Waals surface area contributed by atoms with Crippen LogP contribution in [0.4, 0.5) is 14.5 Å². The van der Waals surface area contributed by atoms with Gasteiger partial charge in [0.1, 0.15) is 30.1 Å². The smallest absolute Gasteiger partial charge is 0.232 e. The number of benzene rings is 3. The van der Waals surface area contributed by atoms with Crippen molar-refractivity contribution in [3.05, 3.63) is 121 Å². The first-order chi connectivity index (χ1) is 20.8. The Kier molecular flexibility index (Phi) is 7.56. The van der Waals surface area contributed by atoms with E-state index >= 15 is 0 Å². The van der Waals surface area contributed by atoms with E-state index in [2.05, 4.69) is 19.7 Å². The van der Waals surface area contributed by atoms with Crippen LogP contribution < -0.4 is 9.46 Å². The Morgan fingerprint density at radius 3 is 2.40 bits per heavy atom. The molecule has 0 aliphatic heterocycles. The Balaban J connectivity index is 1.32. The number of nitrogens with one attached hydrogen (secondary N) is 1. The number of ether oxygens (including phenoxy) is 1. The molecule has 6 aromatic rings. The molecular weight excluding hydrogens is 572 g/mol. The van der Waals surface area contributed by atoms with Gasteiger partial charge in [-0.3, -0.25) is 9.29 Å². The molecule has 3 heterocycles. The Labute approximate surface area is 246 Å². The van der Waals surface area contributed by atoms with Crippen molar-refractivity contribution in [2.24, 2.45) is 0 Å². The summed E-state index contributed by atoms with van der Waals surface area (Å²) in [4.78, 5) is 13.5. The summed E-state index contributed by atoms with van der Waals surface area (Å²) < 4.78 is 63.0. The van der Waals surface area contributed by atoms with E-state index in [1.807, 2.05) is 42.5 Å². The van der Waals surface area contributed by atoms with Crippen LogP contribution >= 0.6 is 0 Å². The molecule has 0 aliphatic rings. The molecule has 0 radical (unpaired) electrons. The van der Waals surface area contributed by atoms with Crippen molar-refractivity contribution in [1.29, 1.82) is 0 Å². The van der Waals surface area contributed by atoms with E-state index in [9.17, 15) is 17.2 Å². The van der Waals surface area contributed by atoms with E-state index in [4.69, 9.17) is 4.74 Å². The van der Waals surface area contributed by atoms with E-state index in [-0.39, 0.29) is 17.0 Å². The summed E-state index contributed by atoms with van der Waals surface area (Å²) in [5.41, 5.74) is 4.90. The van der Waals surface area contributed by atoms with Gasteiger partial charge in [0.2, 0.25) is 15.9 Å². The van der Waals surface area contributed by atoms with Crippen LogP contribution in [0, 0.1) is 11.6 Å². The minimum Gasteiger partial charge on any atom is -0.473 e. The lowest BCUT2D eigenvalue weighted by molar-refractivity contribution is 0.294. The Hall–Kier alpha value is -5.16. The van der Waals surface area contributed by atoms with Gasteiger partial charge in [0.15, 0.2) is 5.65 Å². The summed E-state index contributed by atoms with van der Waals surface area (Å²) in [6.07, 6.45) is 4.94. The summed E-state index contributed by atoms with van der Waals surface area (Å²) in [5.74, 6) is -1.14. The number of halogens is 2. The number of aromatic nitrogens is 4. The maximum atomic E-state index is 14.7. The molecule has 0 atom stereocenters. The van der Waals surface area contributed by atoms with Crippen LogP contribution in [-0.2, 0) is 16.6 Å². The predicted molar refractivity (Wildman–Crippen MR) is 161 cm³/mol. The fraction of sp³-hybridized carbons (Fsp3) is 0.0938. The summed E-state index contributed by atoms with van der Waals surface area (Å²) in [6.45, 7) is 1.92. The zero-order valence-electron chi connectivity index (χ0n) is 22.9. The minimum absolute atomic E-state index is 0.114. The van der Waals surface area contributed by atoms with E-state index in [1.54, 1.807) is 41.5 Å². The number of sulfonamides is 1. The molecule has 6 rings (SSSR count). The van der Waals surface area contributed by atoms with Crippen LogP contribution in [0.15, 0.2) is 104 Å². The normalized spacial score (nSPS) is 11.5. The molecule has 1 N–H and O–H groups in total. The van der Waals surface area contributed by atoms with Gasteiger partial charge >= 0.3 is 0 Å². The third-order valence-electron chi connectivity index (χ3n) is 6.78. The maximum absolute atomic E-state index is 14.7. The number of fused-ring (bicyclic) bond motifs is 1. The second kappa shape index (κ2) is 11.6. The highest BCUT2D eigenvalue weighted by molar-refractivity contribution is 7.92. The van der Waals surface area contributed by atoms with Crippen molar-refractivity contribution in [2.75, 3.05) is 10.5 Å². The molecule has 3 aromatic carbocycles. The van der Waals surface area contributed by atoms with Gasteiger partial charge in [0, 0.05) is 41.2 Å². The highest BCUT2D eigenvalue weighted by Crippen LogP contribution is 2.31. The van der Waals surface area contributed by atoms with Gasteiger partial charge in [-0.25, -0.2) is 32.2 Å². The Morgan fingerprint density at radius 2 is 1.65 bits per heavy atom. The summed E-state index contributed by atoms with van der Waals surface area (Å²) in [5, 5.41) is 0. The van der Waals surface area contributed by atoms with Crippen molar-refractivity contribution in [3.63, 3.8) is 0 Å². The fourth-order valence-electron chi connectivity index (χ4n) is 4.56. The van der Waals surface area contributed by atoms with Gasteiger partial charge in [-0.05, 0) is 60.5 Å². The molecule has 0 saturated carbocycles. The Bertz CT molecular complexity index is 2030. The average molecular weight is 598 g/mol. The van der Waals surface area contributed by atoms with Gasteiger partial charge < -0.3 is 4.74 Å². The summed E-state index contributed by atoms with van der Waals surface area (Å²) in [7, 11) is -3.63. The van der Waals surface area contributed by atoms with E-state index in [0.29, 0.717) is 34.9 Å². The average Bonchev–Trinajstić information content (AvgIpc) is 3.44. The van der Waals surface area contributed by atoms with Crippen LogP contribution in [0.2, 0.25) is 0 Å². The van der Waals surface area contributed by atoms with E-state index in [0.717, 1.165) is 28.8 Å². The first kappa shape index (κ1) is 28.0. The zero-order valence-corrected chi connectivity index (χ0v) is 23.7. The van der Waals surface area contributed by atoms with Crippen molar-refractivity contribution in [2.45, 2.75) is 13.5 Å². The fourth-order valence-corrected chi connectivity index (χ4v) is 5.18. The van der Waals surface area contributed by atoms with Gasteiger partial charge in [0.25, 0.3) is 0 Å². The number of nitrogens with zero attached hydrogens (tertiary/aromatic N) is 4. The third kappa shape index (κ3) is 6.21. The molecule has 43 heavy (non-hydrogen) atoms. The van der Waals surface area contributed by atoms with Crippen LogP contribution in [-0.4, -0.2) is 33.7 Å². The number of hydrogen-bond donors (Lipinski definition) is 1. The van der Waals surface area contributed by atoms with Crippen molar-refractivity contribution < 1.29 is 21.9 Å². The summed E-state index contributed by atoms with van der Waals surface area (Å²) >= 11 is 0. The zero-order chi connectivity index (χ0) is 30.0. The molecule has 11 heteroatoms. The molecule has 0 aliphatic carbocycles. The van der Waals surface area contributed by atoms with Gasteiger partial charge in [-0.2, -0.15) is 0 Å². The molecule has 216 valence electrons. The maximum Gasteiger partial charge on any atom is 0.232 e. The first-order valence-corrected chi connectivity index (χ1v) is 15.0. The lowest BCUT2D eigenvalue weighted by Crippen LogP contribution is -2.15. The Morgan fingerprint density at radius 1 is 0.837 bits per heavy atom. The minimum atomic E-state index is -3.63. The van der Waals surface area contributed by atoms with Crippen LogP contribution in [0.5, 0.6) is 5.88 Å². The van der Waals surface area contributed by atoms with Gasteiger partial charge in [0.05, 0.1) is 17.1 Å². The number of hydrogen-bond acceptors (Lipinski definition) is 6. The predicted octanol–water partition coefficient (Wildman–Crippen LogP) is 6.77. The highest BCUT2D eigenvalue weighted by Gasteiger charge is 2.15. The highest BCUT2D eigenvalue weighted by atomic mass is 32.2. The lowest BCUT2D eigenvalue weighted by Gasteiger charge is -2.13. The van der Waals surface area contributed by atoms with E-state index < -0.39 is 21.7 Å². The molecule has 8 nitrogen and oxygen atoms in total. The van der Waals surface area contributed by atoms with Gasteiger partial charge in [-0.15, -0.1) is 0 Å².